The Balaban J connectivity index is 2.08. The molecule has 1 N–H and O–H groups in total. The number of aromatic nitrogens is 1. The first-order valence-corrected chi connectivity index (χ1v) is 6.95. The number of nitrogens with zero attached hydrogens (tertiary/aromatic N) is 2. The van der Waals surface area contributed by atoms with E-state index in [1.807, 2.05) is 31.2 Å². The third kappa shape index (κ3) is 3.40. The van der Waals surface area contributed by atoms with Crippen molar-refractivity contribution in [2.75, 3.05) is 0 Å². The van der Waals surface area contributed by atoms with Crippen molar-refractivity contribution < 1.29 is 4.92 Å². The zero-order valence-electron chi connectivity index (χ0n) is 10.9. The highest BCUT2D eigenvalue weighted by molar-refractivity contribution is 9.10. The molecule has 0 saturated heterocycles. The van der Waals surface area contributed by atoms with Gasteiger partial charge in [-0.25, -0.2) is 0 Å². The van der Waals surface area contributed by atoms with Gasteiger partial charge in [0.2, 0.25) is 0 Å². The Bertz CT molecular complexity index is 605. The molecule has 0 aliphatic rings. The van der Waals surface area contributed by atoms with E-state index in [1.54, 1.807) is 12.3 Å². The van der Waals surface area contributed by atoms with E-state index in [0.717, 1.165) is 11.3 Å². The minimum absolute atomic E-state index is 0.0716. The summed E-state index contributed by atoms with van der Waals surface area (Å²) in [5, 5.41) is 14.2. The molecular formula is C14H14BrN3O2. The molecule has 0 aliphatic heterocycles. The zero-order valence-corrected chi connectivity index (χ0v) is 12.5. The first-order valence-electron chi connectivity index (χ1n) is 6.15. The molecule has 104 valence electrons. The molecule has 1 unspecified atom stereocenters. The second-order valence-corrected chi connectivity index (χ2v) is 5.16. The minimum Gasteiger partial charge on any atom is -0.305 e. The van der Waals surface area contributed by atoms with Crippen LogP contribution >= 0.6 is 15.9 Å². The van der Waals surface area contributed by atoms with E-state index in [0.29, 0.717) is 11.0 Å². The highest BCUT2D eigenvalue weighted by Crippen LogP contribution is 2.28. The number of nitrogens with one attached hydrogen (secondary N) is 1. The third-order valence-corrected chi connectivity index (χ3v) is 3.90. The molecule has 1 aromatic carbocycles. The van der Waals surface area contributed by atoms with Gasteiger partial charge in [-0.2, -0.15) is 0 Å². The Kier molecular flexibility index (Phi) is 4.81. The van der Waals surface area contributed by atoms with Crippen LogP contribution in [0.4, 0.5) is 5.69 Å². The van der Waals surface area contributed by atoms with E-state index in [1.165, 1.54) is 6.07 Å². The molecule has 2 rings (SSSR count). The lowest BCUT2D eigenvalue weighted by Crippen LogP contribution is -2.19. The molecule has 0 amide bonds. The number of hydrogen-bond acceptors (Lipinski definition) is 4. The fourth-order valence-corrected chi connectivity index (χ4v) is 2.39. The Morgan fingerprint density at radius 3 is 2.80 bits per heavy atom. The molecular weight excluding hydrogens is 322 g/mol. The number of pyridine rings is 1. The van der Waals surface area contributed by atoms with Crippen LogP contribution in [0.1, 0.15) is 24.2 Å². The van der Waals surface area contributed by atoms with Crippen LogP contribution in [0.3, 0.4) is 0 Å². The van der Waals surface area contributed by atoms with Crippen molar-refractivity contribution in [3.8, 4) is 0 Å². The quantitative estimate of drug-likeness (QED) is 0.669. The maximum absolute atomic E-state index is 10.9. The first-order chi connectivity index (χ1) is 9.59. The van der Waals surface area contributed by atoms with E-state index in [2.05, 4.69) is 26.2 Å². The van der Waals surface area contributed by atoms with E-state index in [-0.39, 0.29) is 11.7 Å². The SMILES string of the molecule is CC(NCc1cccc([N+](=O)[O-])c1Br)c1ccccn1. The van der Waals surface area contributed by atoms with Gasteiger partial charge >= 0.3 is 0 Å². The molecule has 1 atom stereocenters. The molecule has 1 heterocycles. The van der Waals surface area contributed by atoms with Gasteiger partial charge in [0.1, 0.15) is 0 Å². The summed E-state index contributed by atoms with van der Waals surface area (Å²) in [5.74, 6) is 0. The lowest BCUT2D eigenvalue weighted by atomic mass is 10.1. The van der Waals surface area contributed by atoms with Crippen molar-refractivity contribution >= 4 is 21.6 Å². The molecule has 0 saturated carbocycles. The van der Waals surface area contributed by atoms with Crippen LogP contribution < -0.4 is 5.32 Å². The molecule has 20 heavy (non-hydrogen) atoms. The average molecular weight is 336 g/mol. The van der Waals surface area contributed by atoms with Crippen molar-refractivity contribution in [1.82, 2.24) is 10.3 Å². The van der Waals surface area contributed by atoms with Crippen LogP contribution in [0, 0.1) is 10.1 Å². The summed E-state index contributed by atoms with van der Waals surface area (Å²) < 4.78 is 0.519. The average Bonchev–Trinajstić information content (AvgIpc) is 2.46. The standard InChI is InChI=1S/C14H14BrN3O2/c1-10(12-6-2-3-8-16-12)17-9-11-5-4-7-13(14(11)15)18(19)20/h2-8,10,17H,9H2,1H3. The molecule has 0 aliphatic carbocycles. The maximum atomic E-state index is 10.9. The van der Waals surface area contributed by atoms with E-state index in [9.17, 15) is 10.1 Å². The summed E-state index contributed by atoms with van der Waals surface area (Å²) >= 11 is 3.29. The lowest BCUT2D eigenvalue weighted by Gasteiger charge is -2.14. The van der Waals surface area contributed by atoms with Crippen LogP contribution in [-0.4, -0.2) is 9.91 Å². The largest absolute Gasteiger partial charge is 0.305 e. The van der Waals surface area contributed by atoms with Crippen LogP contribution in [0.25, 0.3) is 0 Å². The van der Waals surface area contributed by atoms with Gasteiger partial charge in [0.25, 0.3) is 5.69 Å². The summed E-state index contributed by atoms with van der Waals surface area (Å²) in [5.41, 5.74) is 1.87. The Morgan fingerprint density at radius 1 is 1.35 bits per heavy atom. The van der Waals surface area contributed by atoms with Crippen molar-refractivity contribution in [2.24, 2.45) is 0 Å². The first kappa shape index (κ1) is 14.6. The van der Waals surface area contributed by atoms with Crippen LogP contribution in [0.2, 0.25) is 0 Å². The van der Waals surface area contributed by atoms with E-state index < -0.39 is 4.92 Å². The molecule has 6 heteroatoms. The van der Waals surface area contributed by atoms with Crippen LogP contribution in [-0.2, 0) is 6.54 Å². The molecule has 2 aromatic rings. The van der Waals surface area contributed by atoms with Gasteiger partial charge in [0, 0.05) is 24.8 Å². The van der Waals surface area contributed by atoms with E-state index in [4.69, 9.17) is 0 Å². The fraction of sp³-hybridized carbons (Fsp3) is 0.214. The molecule has 1 aromatic heterocycles. The predicted octanol–water partition coefficient (Wildman–Crippen LogP) is 3.60. The maximum Gasteiger partial charge on any atom is 0.283 e. The van der Waals surface area contributed by atoms with Gasteiger partial charge in [-0.15, -0.1) is 0 Å². The monoisotopic (exact) mass is 335 g/mol. The number of benzene rings is 1. The van der Waals surface area contributed by atoms with Gasteiger partial charge in [-0.05, 0) is 40.5 Å². The summed E-state index contributed by atoms with van der Waals surface area (Å²) in [6.07, 6.45) is 1.75. The highest BCUT2D eigenvalue weighted by Gasteiger charge is 2.15. The molecule has 0 fully saturated rings. The van der Waals surface area contributed by atoms with Gasteiger partial charge in [0.15, 0.2) is 0 Å². The highest BCUT2D eigenvalue weighted by atomic mass is 79.9. The second kappa shape index (κ2) is 6.58. The van der Waals surface area contributed by atoms with Crippen molar-refractivity contribution in [3.63, 3.8) is 0 Å². The van der Waals surface area contributed by atoms with Crippen molar-refractivity contribution in [2.45, 2.75) is 19.5 Å². The summed E-state index contributed by atoms with van der Waals surface area (Å²) in [6.45, 7) is 2.54. The zero-order chi connectivity index (χ0) is 14.5. The van der Waals surface area contributed by atoms with Gasteiger partial charge in [0.05, 0.1) is 15.1 Å². The van der Waals surface area contributed by atoms with Gasteiger partial charge < -0.3 is 5.32 Å². The van der Waals surface area contributed by atoms with Gasteiger partial charge in [-0.3, -0.25) is 15.1 Å². The van der Waals surface area contributed by atoms with Crippen molar-refractivity contribution in [3.05, 3.63) is 68.4 Å². The van der Waals surface area contributed by atoms with Gasteiger partial charge in [-0.1, -0.05) is 18.2 Å². The number of nitro groups is 1. The minimum atomic E-state index is -0.393. The number of rotatable bonds is 5. The van der Waals surface area contributed by atoms with E-state index >= 15 is 0 Å². The normalized spacial score (nSPS) is 12.1. The number of halogens is 1. The number of nitro benzene ring substituents is 1. The number of hydrogen-bond donors (Lipinski definition) is 1. The summed E-state index contributed by atoms with van der Waals surface area (Å²) in [6, 6.07) is 10.8. The lowest BCUT2D eigenvalue weighted by molar-refractivity contribution is -0.385. The second-order valence-electron chi connectivity index (χ2n) is 4.36. The predicted molar refractivity (Wildman–Crippen MR) is 80.3 cm³/mol. The Morgan fingerprint density at radius 2 is 2.15 bits per heavy atom. The summed E-state index contributed by atoms with van der Waals surface area (Å²) in [7, 11) is 0. The Hall–Kier alpha value is -1.79. The molecule has 0 radical (unpaired) electrons. The van der Waals surface area contributed by atoms with Crippen LogP contribution in [0.15, 0.2) is 47.1 Å². The Labute approximate surface area is 125 Å². The van der Waals surface area contributed by atoms with Crippen LogP contribution in [0.5, 0.6) is 0 Å². The summed E-state index contributed by atoms with van der Waals surface area (Å²) in [4.78, 5) is 14.8. The molecule has 5 nitrogen and oxygen atoms in total. The smallest absolute Gasteiger partial charge is 0.283 e. The third-order valence-electron chi connectivity index (χ3n) is 2.99. The molecule has 0 bridgehead atoms. The van der Waals surface area contributed by atoms with Crippen molar-refractivity contribution in [1.29, 1.82) is 0 Å². The topological polar surface area (TPSA) is 68.1 Å². The molecule has 0 spiro atoms. The fourth-order valence-electron chi connectivity index (χ4n) is 1.84.